The van der Waals surface area contributed by atoms with E-state index in [0.717, 1.165) is 48.2 Å². The van der Waals surface area contributed by atoms with Gasteiger partial charge in [-0.15, -0.1) is 0 Å². The van der Waals surface area contributed by atoms with Crippen LogP contribution in [0.15, 0.2) is 42.5 Å². The van der Waals surface area contributed by atoms with Crippen LogP contribution in [0.5, 0.6) is 5.75 Å². The fraction of sp³-hybridized carbons (Fsp3) is 0.278. The number of nitrogens with one attached hydrogen (secondary N) is 1. The maximum Gasteiger partial charge on any atom is 0.169 e. The Morgan fingerprint density at radius 3 is 2.74 bits per heavy atom. The zero-order chi connectivity index (χ0) is 16.2. The Bertz CT molecular complexity index is 703. The summed E-state index contributed by atoms with van der Waals surface area (Å²) in [4.78, 5) is 2.15. The molecule has 0 spiro atoms. The van der Waals surface area contributed by atoms with E-state index in [0.29, 0.717) is 5.75 Å². The third-order valence-corrected chi connectivity index (χ3v) is 4.75. The molecular formula is C18H19ClN2OS. The van der Waals surface area contributed by atoms with Gasteiger partial charge in [-0.2, -0.15) is 0 Å². The lowest BCUT2D eigenvalue weighted by atomic mass is 10.00. The number of phenols is 1. The predicted molar refractivity (Wildman–Crippen MR) is 98.0 cm³/mol. The van der Waals surface area contributed by atoms with Crippen molar-refractivity contribution in [3.8, 4) is 5.75 Å². The third kappa shape index (κ3) is 4.15. The highest BCUT2D eigenvalue weighted by Gasteiger charge is 2.18. The Hall–Kier alpha value is -1.78. The SMILES string of the molecule is Oc1ccc2c(c1)CN(C(=S)NCCc1ccc(Cl)cc1)CC2. The van der Waals surface area contributed by atoms with Crippen molar-refractivity contribution in [3.05, 3.63) is 64.2 Å². The maximum atomic E-state index is 9.62. The monoisotopic (exact) mass is 346 g/mol. The summed E-state index contributed by atoms with van der Waals surface area (Å²) in [6.45, 7) is 2.45. The van der Waals surface area contributed by atoms with Crippen LogP contribution >= 0.6 is 23.8 Å². The lowest BCUT2D eigenvalue weighted by molar-refractivity contribution is 0.385. The molecule has 5 heteroatoms. The molecule has 2 N–H and O–H groups in total. The van der Waals surface area contributed by atoms with Crippen molar-refractivity contribution in [1.82, 2.24) is 10.2 Å². The van der Waals surface area contributed by atoms with Crippen LogP contribution in [0.25, 0.3) is 0 Å². The average molecular weight is 347 g/mol. The second-order valence-corrected chi connectivity index (χ2v) is 6.56. The van der Waals surface area contributed by atoms with Crippen molar-refractivity contribution in [2.24, 2.45) is 0 Å². The average Bonchev–Trinajstić information content (AvgIpc) is 2.56. The summed E-state index contributed by atoms with van der Waals surface area (Å²) in [6, 6.07) is 13.5. The largest absolute Gasteiger partial charge is 0.508 e. The number of hydrogen-bond acceptors (Lipinski definition) is 2. The van der Waals surface area contributed by atoms with Gasteiger partial charge in [-0.3, -0.25) is 0 Å². The molecule has 1 heterocycles. The Kier molecular flexibility index (Phi) is 5.03. The summed E-state index contributed by atoms with van der Waals surface area (Å²) in [5, 5.41) is 14.5. The first-order valence-electron chi connectivity index (χ1n) is 7.70. The van der Waals surface area contributed by atoms with Gasteiger partial charge in [-0.05, 0) is 66.0 Å². The van der Waals surface area contributed by atoms with Gasteiger partial charge in [-0.1, -0.05) is 29.8 Å². The number of benzene rings is 2. The number of phenolic OH excluding ortho intramolecular Hbond substituents is 1. The molecule has 1 aliphatic heterocycles. The molecule has 23 heavy (non-hydrogen) atoms. The summed E-state index contributed by atoms with van der Waals surface area (Å²) < 4.78 is 0. The third-order valence-electron chi connectivity index (χ3n) is 4.09. The Morgan fingerprint density at radius 1 is 1.17 bits per heavy atom. The van der Waals surface area contributed by atoms with E-state index in [4.69, 9.17) is 23.8 Å². The Morgan fingerprint density at radius 2 is 1.96 bits per heavy atom. The first-order chi connectivity index (χ1) is 11.1. The van der Waals surface area contributed by atoms with E-state index < -0.39 is 0 Å². The second kappa shape index (κ2) is 7.20. The van der Waals surface area contributed by atoms with Gasteiger partial charge in [0.1, 0.15) is 5.75 Å². The number of aromatic hydroxyl groups is 1. The highest BCUT2D eigenvalue weighted by Crippen LogP contribution is 2.23. The minimum atomic E-state index is 0.312. The number of rotatable bonds is 3. The molecule has 2 aromatic carbocycles. The molecule has 2 aromatic rings. The van der Waals surface area contributed by atoms with Crippen LogP contribution in [0.1, 0.15) is 16.7 Å². The molecule has 0 saturated heterocycles. The van der Waals surface area contributed by atoms with Gasteiger partial charge in [-0.25, -0.2) is 0 Å². The summed E-state index contributed by atoms with van der Waals surface area (Å²) >= 11 is 11.4. The zero-order valence-corrected chi connectivity index (χ0v) is 14.3. The fourth-order valence-corrected chi connectivity index (χ4v) is 3.18. The molecule has 0 atom stereocenters. The lowest BCUT2D eigenvalue weighted by Gasteiger charge is -2.31. The maximum absolute atomic E-state index is 9.62. The van der Waals surface area contributed by atoms with Crippen LogP contribution in [0, 0.1) is 0 Å². The number of thiocarbonyl (C=S) groups is 1. The van der Waals surface area contributed by atoms with Gasteiger partial charge in [0.2, 0.25) is 0 Å². The van der Waals surface area contributed by atoms with Crippen molar-refractivity contribution in [2.45, 2.75) is 19.4 Å². The quantitative estimate of drug-likeness (QED) is 0.833. The van der Waals surface area contributed by atoms with Gasteiger partial charge in [0.25, 0.3) is 0 Å². The van der Waals surface area contributed by atoms with E-state index in [1.54, 1.807) is 6.07 Å². The first kappa shape index (κ1) is 16.1. The summed E-state index contributed by atoms with van der Waals surface area (Å²) in [5.41, 5.74) is 3.68. The molecule has 0 unspecified atom stereocenters. The minimum Gasteiger partial charge on any atom is -0.508 e. The topological polar surface area (TPSA) is 35.5 Å². The summed E-state index contributed by atoms with van der Waals surface area (Å²) in [5.74, 6) is 0.312. The van der Waals surface area contributed by atoms with Crippen LogP contribution in [-0.2, 0) is 19.4 Å². The minimum absolute atomic E-state index is 0.312. The Balaban J connectivity index is 1.52. The number of halogens is 1. The van der Waals surface area contributed by atoms with Crippen molar-refractivity contribution >= 4 is 28.9 Å². The summed E-state index contributed by atoms with van der Waals surface area (Å²) in [6.07, 6.45) is 1.86. The highest BCUT2D eigenvalue weighted by molar-refractivity contribution is 7.80. The standard InChI is InChI=1S/C18H19ClN2OS/c19-16-4-1-13(2-5-16)7-9-20-18(23)21-10-8-14-3-6-17(22)11-15(14)12-21/h1-6,11,22H,7-10,12H2,(H,20,23). The molecule has 0 bridgehead atoms. The van der Waals surface area contributed by atoms with E-state index in [1.807, 2.05) is 36.4 Å². The second-order valence-electron chi connectivity index (χ2n) is 5.73. The van der Waals surface area contributed by atoms with Gasteiger partial charge >= 0.3 is 0 Å². The molecule has 0 aromatic heterocycles. The van der Waals surface area contributed by atoms with Crippen LogP contribution in [0.4, 0.5) is 0 Å². The molecule has 0 radical (unpaired) electrons. The number of fused-ring (bicyclic) bond motifs is 1. The van der Waals surface area contributed by atoms with Gasteiger partial charge in [0.05, 0.1) is 0 Å². The van der Waals surface area contributed by atoms with E-state index in [2.05, 4.69) is 10.2 Å². The van der Waals surface area contributed by atoms with E-state index >= 15 is 0 Å². The zero-order valence-electron chi connectivity index (χ0n) is 12.8. The lowest BCUT2D eigenvalue weighted by Crippen LogP contribution is -2.43. The first-order valence-corrected chi connectivity index (χ1v) is 8.48. The van der Waals surface area contributed by atoms with Crippen LogP contribution in [-0.4, -0.2) is 28.2 Å². The molecular weight excluding hydrogens is 328 g/mol. The molecule has 3 nitrogen and oxygen atoms in total. The molecule has 0 saturated carbocycles. The fourth-order valence-electron chi connectivity index (χ4n) is 2.79. The van der Waals surface area contributed by atoms with Crippen molar-refractivity contribution in [2.75, 3.05) is 13.1 Å². The van der Waals surface area contributed by atoms with Crippen LogP contribution < -0.4 is 5.32 Å². The van der Waals surface area contributed by atoms with Gasteiger partial charge < -0.3 is 15.3 Å². The number of hydrogen-bond donors (Lipinski definition) is 2. The molecule has 120 valence electrons. The van der Waals surface area contributed by atoms with E-state index in [1.165, 1.54) is 11.1 Å². The van der Waals surface area contributed by atoms with Gasteiger partial charge in [0, 0.05) is 24.7 Å². The van der Waals surface area contributed by atoms with Gasteiger partial charge in [0.15, 0.2) is 5.11 Å². The smallest absolute Gasteiger partial charge is 0.169 e. The normalized spacial score (nSPS) is 13.5. The number of nitrogens with zero attached hydrogens (tertiary/aromatic N) is 1. The van der Waals surface area contributed by atoms with Crippen molar-refractivity contribution in [3.63, 3.8) is 0 Å². The molecule has 1 aliphatic rings. The Labute approximate surface area is 146 Å². The van der Waals surface area contributed by atoms with Crippen LogP contribution in [0.3, 0.4) is 0 Å². The van der Waals surface area contributed by atoms with Crippen molar-refractivity contribution < 1.29 is 5.11 Å². The molecule has 0 fully saturated rings. The summed E-state index contributed by atoms with van der Waals surface area (Å²) in [7, 11) is 0. The molecule has 0 aliphatic carbocycles. The molecule has 3 rings (SSSR count). The van der Waals surface area contributed by atoms with Crippen LogP contribution in [0.2, 0.25) is 5.02 Å². The van der Waals surface area contributed by atoms with Crippen molar-refractivity contribution in [1.29, 1.82) is 0 Å². The highest BCUT2D eigenvalue weighted by atomic mass is 35.5. The molecule has 0 amide bonds. The predicted octanol–water partition coefficient (Wildman–Crippen LogP) is 3.52. The van der Waals surface area contributed by atoms with E-state index in [9.17, 15) is 5.11 Å². The van der Waals surface area contributed by atoms with E-state index in [-0.39, 0.29) is 0 Å².